The lowest BCUT2D eigenvalue weighted by atomic mass is 9.76. The van der Waals surface area contributed by atoms with Gasteiger partial charge in [-0.05, 0) is 63.1 Å². The van der Waals surface area contributed by atoms with Crippen LogP contribution in [0.1, 0.15) is 35.3 Å². The first-order valence-corrected chi connectivity index (χ1v) is 8.39. The second-order valence-electron chi connectivity index (χ2n) is 6.99. The summed E-state index contributed by atoms with van der Waals surface area (Å²) in [5.41, 5.74) is 2.55. The molecule has 0 unspecified atom stereocenters. The zero-order valence-electron chi connectivity index (χ0n) is 15.4. The van der Waals surface area contributed by atoms with Crippen molar-refractivity contribution in [2.45, 2.75) is 33.3 Å². The molecule has 0 radical (unpaired) electrons. The number of anilines is 1. The van der Waals surface area contributed by atoms with E-state index in [9.17, 15) is 9.18 Å². The van der Waals surface area contributed by atoms with Gasteiger partial charge in [0.2, 0.25) is 0 Å². The molecule has 6 heteroatoms. The lowest BCUT2D eigenvalue weighted by molar-refractivity contribution is 0.102. The third-order valence-corrected chi connectivity index (χ3v) is 4.55. The van der Waals surface area contributed by atoms with E-state index in [0.29, 0.717) is 17.0 Å². The van der Waals surface area contributed by atoms with Gasteiger partial charge in [-0.1, -0.05) is 18.7 Å². The van der Waals surface area contributed by atoms with Crippen LogP contribution in [-0.4, -0.2) is 18.6 Å². The van der Waals surface area contributed by atoms with Gasteiger partial charge in [-0.2, -0.15) is 0 Å². The van der Waals surface area contributed by atoms with Gasteiger partial charge in [0.1, 0.15) is 11.4 Å². The van der Waals surface area contributed by atoms with Crippen LogP contribution < -0.4 is 10.8 Å². The van der Waals surface area contributed by atoms with Gasteiger partial charge >= 0.3 is 7.12 Å². The summed E-state index contributed by atoms with van der Waals surface area (Å²) < 4.78 is 25.3. The molecule has 1 amide bonds. The van der Waals surface area contributed by atoms with Crippen LogP contribution in [0.25, 0.3) is 0 Å². The number of halogens is 1. The lowest BCUT2D eigenvalue weighted by Crippen LogP contribution is -2.36. The zero-order chi connectivity index (χ0) is 19.1. The monoisotopic (exact) mass is 353 g/mol. The fourth-order valence-corrected chi connectivity index (χ4v) is 2.66. The number of carbonyl (C=O) groups is 1. The minimum Gasteiger partial charge on any atom is -0.534 e. The number of amides is 1. The largest absolute Gasteiger partial charge is 0.563 e. The van der Waals surface area contributed by atoms with E-state index in [0.717, 1.165) is 11.0 Å². The number of benzene rings is 2. The van der Waals surface area contributed by atoms with E-state index in [1.165, 1.54) is 6.07 Å². The van der Waals surface area contributed by atoms with Gasteiger partial charge in [0.15, 0.2) is 0 Å². The molecule has 4 nitrogen and oxygen atoms in total. The summed E-state index contributed by atoms with van der Waals surface area (Å²) in [6.07, 6.45) is 0. The molecule has 0 aliphatic carbocycles. The predicted molar refractivity (Wildman–Crippen MR) is 101 cm³/mol. The highest BCUT2D eigenvalue weighted by Gasteiger charge is 2.43. The van der Waals surface area contributed by atoms with E-state index in [-0.39, 0.29) is 11.5 Å². The smallest absolute Gasteiger partial charge is 0.534 e. The quantitative estimate of drug-likeness (QED) is 0.856. The van der Waals surface area contributed by atoms with Crippen LogP contribution in [0, 0.1) is 19.7 Å². The Kier molecular flexibility index (Phi) is 4.63. The Balaban J connectivity index is 1.82. The van der Waals surface area contributed by atoms with E-state index < -0.39 is 18.5 Å². The van der Waals surface area contributed by atoms with Crippen LogP contribution in [0.5, 0.6) is 0 Å². The number of nitrogens with one attached hydrogen (secondary N) is 1. The van der Waals surface area contributed by atoms with Crippen molar-refractivity contribution >= 4 is 24.2 Å². The van der Waals surface area contributed by atoms with Crippen molar-refractivity contribution < 1.29 is 18.5 Å². The molecular weight excluding hydrogens is 332 g/mol. The summed E-state index contributed by atoms with van der Waals surface area (Å²) in [5, 5.41) is 2.79. The number of carbonyl (C=O) groups excluding carboxylic acids is 1. The summed E-state index contributed by atoms with van der Waals surface area (Å²) in [5.74, 6) is -0.223. The average Bonchev–Trinajstić information content (AvgIpc) is 2.85. The molecule has 0 atom stereocenters. The Morgan fingerprint density at radius 2 is 1.85 bits per heavy atom. The van der Waals surface area contributed by atoms with Gasteiger partial charge in [0.25, 0.3) is 5.91 Å². The van der Waals surface area contributed by atoms with Crippen molar-refractivity contribution in [2.75, 3.05) is 5.32 Å². The van der Waals surface area contributed by atoms with Crippen LogP contribution in [0.15, 0.2) is 48.7 Å². The van der Waals surface area contributed by atoms with Crippen LogP contribution in [0.3, 0.4) is 0 Å². The molecular formula is C20H21BFNO3. The lowest BCUT2D eigenvalue weighted by Gasteiger charge is -2.16. The van der Waals surface area contributed by atoms with E-state index in [1.54, 1.807) is 31.2 Å². The molecule has 3 rings (SSSR count). The minimum atomic E-state index is -0.578. The van der Waals surface area contributed by atoms with Crippen molar-refractivity contribution in [1.82, 2.24) is 0 Å². The van der Waals surface area contributed by atoms with Crippen molar-refractivity contribution in [3.8, 4) is 0 Å². The molecule has 1 fully saturated rings. The molecule has 1 saturated heterocycles. The standard InChI is InChI=1S/C20H21BFNO3/c1-12-7-9-16(11-17(12)21-25-14(3)20(4,5)26-21)23-19(24)15-8-6-13(2)18(22)10-15/h6-11H,3H2,1-2,4-5H3,(H,23,24). The van der Waals surface area contributed by atoms with Crippen LogP contribution in [-0.2, 0) is 9.31 Å². The van der Waals surface area contributed by atoms with E-state index in [4.69, 9.17) is 9.31 Å². The Bertz CT molecular complexity index is 895. The van der Waals surface area contributed by atoms with Crippen molar-refractivity contribution in [1.29, 1.82) is 0 Å². The maximum Gasteiger partial charge on any atom is 0.563 e. The molecule has 0 bridgehead atoms. The maximum absolute atomic E-state index is 13.7. The van der Waals surface area contributed by atoms with Gasteiger partial charge in [0.05, 0.1) is 5.76 Å². The molecule has 26 heavy (non-hydrogen) atoms. The van der Waals surface area contributed by atoms with Gasteiger partial charge in [-0.3, -0.25) is 4.79 Å². The van der Waals surface area contributed by atoms with Crippen molar-refractivity contribution in [2.24, 2.45) is 0 Å². The first-order chi connectivity index (χ1) is 12.2. The molecule has 0 saturated carbocycles. The third kappa shape index (κ3) is 3.51. The summed E-state index contributed by atoms with van der Waals surface area (Å²) in [6.45, 7) is 11.3. The number of hydrogen-bond donors (Lipinski definition) is 1. The molecule has 1 heterocycles. The Morgan fingerprint density at radius 1 is 1.15 bits per heavy atom. The first kappa shape index (κ1) is 18.2. The van der Waals surface area contributed by atoms with Crippen LogP contribution >= 0.6 is 0 Å². The predicted octanol–water partition coefficient (Wildman–Crippen LogP) is 3.73. The summed E-state index contributed by atoms with van der Waals surface area (Å²) in [6, 6.07) is 9.88. The highest BCUT2D eigenvalue weighted by molar-refractivity contribution is 6.63. The number of aryl methyl sites for hydroxylation is 2. The molecule has 1 aliphatic rings. The minimum absolute atomic E-state index is 0.262. The molecule has 2 aromatic carbocycles. The van der Waals surface area contributed by atoms with Crippen LogP contribution in [0.2, 0.25) is 0 Å². The molecule has 0 aromatic heterocycles. The Morgan fingerprint density at radius 3 is 2.46 bits per heavy atom. The van der Waals surface area contributed by atoms with Crippen molar-refractivity contribution in [3.63, 3.8) is 0 Å². The normalized spacial score (nSPS) is 15.7. The first-order valence-electron chi connectivity index (χ1n) is 8.39. The van der Waals surface area contributed by atoms with E-state index in [1.807, 2.05) is 26.8 Å². The molecule has 1 N–H and O–H groups in total. The summed E-state index contributed by atoms with van der Waals surface area (Å²) in [7, 11) is -0.578. The summed E-state index contributed by atoms with van der Waals surface area (Å²) >= 11 is 0. The Labute approximate surface area is 153 Å². The SMILES string of the molecule is C=C1OB(c2cc(NC(=O)c3ccc(C)c(F)c3)ccc2C)OC1(C)C. The fourth-order valence-electron chi connectivity index (χ4n) is 2.66. The Hall–Kier alpha value is -2.60. The van der Waals surface area contributed by atoms with Crippen molar-refractivity contribution in [3.05, 3.63) is 71.2 Å². The number of rotatable bonds is 3. The van der Waals surface area contributed by atoms with Crippen LogP contribution in [0.4, 0.5) is 10.1 Å². The highest BCUT2D eigenvalue weighted by Crippen LogP contribution is 2.29. The molecule has 2 aromatic rings. The topological polar surface area (TPSA) is 47.6 Å². The zero-order valence-corrected chi connectivity index (χ0v) is 15.4. The van der Waals surface area contributed by atoms with E-state index in [2.05, 4.69) is 11.9 Å². The average molecular weight is 353 g/mol. The maximum atomic E-state index is 13.7. The van der Waals surface area contributed by atoms with Gasteiger partial charge < -0.3 is 14.6 Å². The fraction of sp³-hybridized carbons (Fsp3) is 0.250. The molecule has 0 spiro atoms. The highest BCUT2D eigenvalue weighted by atomic mass is 19.1. The molecule has 134 valence electrons. The van der Waals surface area contributed by atoms with Gasteiger partial charge in [0, 0.05) is 16.7 Å². The van der Waals surface area contributed by atoms with Gasteiger partial charge in [-0.15, -0.1) is 0 Å². The third-order valence-electron chi connectivity index (χ3n) is 4.55. The second-order valence-corrected chi connectivity index (χ2v) is 6.99. The number of hydrogen-bond acceptors (Lipinski definition) is 3. The summed E-state index contributed by atoms with van der Waals surface area (Å²) in [4.78, 5) is 12.4. The van der Waals surface area contributed by atoms with E-state index >= 15 is 0 Å². The second kappa shape index (κ2) is 6.61. The molecule has 1 aliphatic heterocycles. The van der Waals surface area contributed by atoms with Gasteiger partial charge in [-0.25, -0.2) is 4.39 Å².